The molecule has 0 radical (unpaired) electrons. The molecule has 5 aromatic rings. The topological polar surface area (TPSA) is 111 Å². The number of aliphatic hydroxyl groups is 1. The van der Waals surface area contributed by atoms with Crippen LogP contribution < -0.4 is 19.1 Å². The number of Topliss-reactive ketones (excluding diaryl/α,β-unsaturated/α-hetero) is 1. The lowest BCUT2D eigenvalue weighted by Crippen LogP contribution is -2.29. The van der Waals surface area contributed by atoms with Crippen LogP contribution in [0.15, 0.2) is 88.8 Å². The highest BCUT2D eigenvalue weighted by atomic mass is 32.2. The van der Waals surface area contributed by atoms with Gasteiger partial charge in [0.2, 0.25) is 5.13 Å². The van der Waals surface area contributed by atoms with E-state index in [1.165, 1.54) is 28.0 Å². The Morgan fingerprint density at radius 2 is 1.84 bits per heavy atom. The summed E-state index contributed by atoms with van der Waals surface area (Å²) < 4.78 is 18.6. The lowest BCUT2D eigenvalue weighted by Gasteiger charge is -2.24. The molecular formula is C40H39N3O6S2. The summed E-state index contributed by atoms with van der Waals surface area (Å²) in [6.45, 7) is 9.03. The number of ketones is 1. The molecule has 2 aliphatic heterocycles. The average Bonchev–Trinajstić information content (AvgIpc) is 3.82. The molecule has 0 saturated carbocycles. The highest BCUT2D eigenvalue weighted by Crippen LogP contribution is 2.46. The van der Waals surface area contributed by atoms with Crippen molar-refractivity contribution >= 4 is 56.5 Å². The van der Waals surface area contributed by atoms with Crippen LogP contribution in [0.2, 0.25) is 0 Å². The van der Waals surface area contributed by atoms with Gasteiger partial charge in [0.25, 0.3) is 5.78 Å². The Balaban J connectivity index is 1.27. The Hall–Kier alpha value is -4.87. The van der Waals surface area contributed by atoms with Crippen molar-refractivity contribution in [2.45, 2.75) is 62.8 Å². The first kappa shape index (κ1) is 34.6. The molecule has 1 N–H and O–H groups in total. The molecule has 7 rings (SSSR count). The number of thioether (sulfide) groups is 1. The van der Waals surface area contributed by atoms with Crippen molar-refractivity contribution in [1.29, 1.82) is 0 Å². The first-order valence-electron chi connectivity index (χ1n) is 17.1. The molecule has 0 spiro atoms. The molecule has 2 atom stereocenters. The Morgan fingerprint density at radius 3 is 2.67 bits per heavy atom. The van der Waals surface area contributed by atoms with Crippen LogP contribution in [-0.4, -0.2) is 46.3 Å². The zero-order valence-electron chi connectivity index (χ0n) is 28.9. The maximum absolute atomic E-state index is 14.0. The van der Waals surface area contributed by atoms with Gasteiger partial charge in [0, 0.05) is 17.7 Å². The van der Waals surface area contributed by atoms with Gasteiger partial charge in [-0.15, -0.1) is 10.2 Å². The van der Waals surface area contributed by atoms with E-state index in [1.54, 1.807) is 30.3 Å². The van der Waals surface area contributed by atoms with Crippen molar-refractivity contribution in [3.63, 3.8) is 0 Å². The summed E-state index contributed by atoms with van der Waals surface area (Å²) in [5.74, 6) is 1.03. The number of rotatable bonds is 12. The molecular weight excluding hydrogens is 683 g/mol. The Labute approximate surface area is 305 Å². The van der Waals surface area contributed by atoms with E-state index < -0.39 is 17.7 Å². The Morgan fingerprint density at radius 1 is 1.02 bits per heavy atom. The molecule has 3 heterocycles. The average molecular weight is 722 g/mol. The first-order valence-corrected chi connectivity index (χ1v) is 19.0. The van der Waals surface area contributed by atoms with Crippen molar-refractivity contribution in [2.24, 2.45) is 5.92 Å². The summed E-state index contributed by atoms with van der Waals surface area (Å²) >= 11 is 2.75. The first-order chi connectivity index (χ1) is 24.7. The van der Waals surface area contributed by atoms with E-state index in [2.05, 4.69) is 48.3 Å². The second kappa shape index (κ2) is 14.8. The predicted octanol–water partition coefficient (Wildman–Crippen LogP) is 8.76. The number of amides is 1. The van der Waals surface area contributed by atoms with Gasteiger partial charge in [-0.05, 0) is 84.0 Å². The van der Waals surface area contributed by atoms with Crippen LogP contribution in [0.1, 0.15) is 62.4 Å². The van der Waals surface area contributed by atoms with Gasteiger partial charge in [-0.2, -0.15) is 0 Å². The van der Waals surface area contributed by atoms with Gasteiger partial charge in [0.15, 0.2) is 15.8 Å². The number of ether oxygens (including phenoxy) is 3. The van der Waals surface area contributed by atoms with Gasteiger partial charge >= 0.3 is 5.91 Å². The van der Waals surface area contributed by atoms with Crippen LogP contribution in [0, 0.1) is 5.92 Å². The summed E-state index contributed by atoms with van der Waals surface area (Å²) in [7, 11) is 0. The normalized spacial score (nSPS) is 18.0. The van der Waals surface area contributed by atoms with Gasteiger partial charge in [-0.3, -0.25) is 14.5 Å². The molecule has 9 nitrogen and oxygen atoms in total. The predicted molar refractivity (Wildman–Crippen MR) is 201 cm³/mol. The zero-order chi connectivity index (χ0) is 35.6. The number of fused-ring (bicyclic) bond motifs is 2. The quantitative estimate of drug-likeness (QED) is 0.0445. The molecule has 1 fully saturated rings. The van der Waals surface area contributed by atoms with E-state index in [0.29, 0.717) is 58.3 Å². The summed E-state index contributed by atoms with van der Waals surface area (Å²) in [5.41, 5.74) is 3.04. The molecule has 1 saturated heterocycles. The molecule has 2 aliphatic rings. The number of hydrogen-bond acceptors (Lipinski definition) is 10. The molecule has 4 aromatic carbocycles. The SMILES string of the molecule is CCOc1cc(C2/C(=C(/O)c3ccc4c(c3)CC(C)O4)C(=O)C(=O)N2c2nnc(SCc3cccc4ccccc34)s2)ccc1OCCC(C)C. The second-order valence-electron chi connectivity index (χ2n) is 13.1. The number of carbonyl (C=O) groups excluding carboxylic acids is 2. The lowest BCUT2D eigenvalue weighted by molar-refractivity contribution is -0.132. The summed E-state index contributed by atoms with van der Waals surface area (Å²) in [6.07, 6.45) is 1.55. The van der Waals surface area contributed by atoms with Gasteiger partial charge < -0.3 is 19.3 Å². The van der Waals surface area contributed by atoms with Crippen LogP contribution in [0.4, 0.5) is 5.13 Å². The fourth-order valence-corrected chi connectivity index (χ4v) is 8.34. The van der Waals surface area contributed by atoms with Gasteiger partial charge in [0.1, 0.15) is 17.6 Å². The zero-order valence-corrected chi connectivity index (χ0v) is 30.6. The minimum atomic E-state index is -0.999. The van der Waals surface area contributed by atoms with E-state index in [0.717, 1.165) is 34.1 Å². The summed E-state index contributed by atoms with van der Waals surface area (Å²) in [6, 6.07) is 24.1. The summed E-state index contributed by atoms with van der Waals surface area (Å²) in [5, 5.41) is 23.3. The number of benzene rings is 4. The minimum absolute atomic E-state index is 0.00585. The van der Waals surface area contributed by atoms with Crippen LogP contribution in [0.5, 0.6) is 17.2 Å². The number of carbonyl (C=O) groups is 2. The van der Waals surface area contributed by atoms with Crippen LogP contribution >= 0.6 is 23.1 Å². The van der Waals surface area contributed by atoms with Crippen LogP contribution in [0.3, 0.4) is 0 Å². The van der Waals surface area contributed by atoms with Crippen molar-refractivity contribution < 1.29 is 28.9 Å². The van der Waals surface area contributed by atoms with Crippen LogP contribution in [0.25, 0.3) is 16.5 Å². The number of aromatic nitrogens is 2. The third-order valence-corrected chi connectivity index (χ3v) is 11.1. The van der Waals surface area contributed by atoms with Crippen molar-refractivity contribution in [3.05, 3.63) is 107 Å². The van der Waals surface area contributed by atoms with Gasteiger partial charge in [-0.25, -0.2) is 0 Å². The number of anilines is 1. The molecule has 1 amide bonds. The van der Waals surface area contributed by atoms with E-state index in [4.69, 9.17) is 14.2 Å². The highest BCUT2D eigenvalue weighted by Gasteiger charge is 2.48. The van der Waals surface area contributed by atoms with E-state index in [-0.39, 0.29) is 22.6 Å². The molecule has 2 unspecified atom stereocenters. The standard InChI is InChI=1S/C40H39N3O6S2/c1-5-47-33-21-26(13-16-32(33)48-18-17-23(2)3)35-34(36(44)27-14-15-31-29(20-27)19-24(4)49-31)37(45)38(46)43(35)39-41-42-40(51-39)50-22-28-11-8-10-25-9-6-7-12-30(25)28/h6-16,20-21,23-24,35,44H,5,17-19,22H2,1-4H3/b36-34-. The molecule has 51 heavy (non-hydrogen) atoms. The number of aliphatic hydroxyl groups excluding tert-OH is 1. The largest absolute Gasteiger partial charge is 0.507 e. The number of hydrogen-bond donors (Lipinski definition) is 1. The lowest BCUT2D eigenvalue weighted by atomic mass is 9.94. The van der Waals surface area contributed by atoms with Crippen LogP contribution in [-0.2, 0) is 21.8 Å². The fraction of sp³-hybridized carbons (Fsp3) is 0.300. The van der Waals surface area contributed by atoms with E-state index >= 15 is 0 Å². The smallest absolute Gasteiger partial charge is 0.301 e. The molecule has 262 valence electrons. The minimum Gasteiger partial charge on any atom is -0.507 e. The highest BCUT2D eigenvalue weighted by molar-refractivity contribution is 8.00. The van der Waals surface area contributed by atoms with Crippen molar-refractivity contribution in [1.82, 2.24) is 10.2 Å². The third kappa shape index (κ3) is 7.05. The van der Waals surface area contributed by atoms with E-state index in [9.17, 15) is 14.7 Å². The Kier molecular flexibility index (Phi) is 10.0. The maximum Gasteiger partial charge on any atom is 0.301 e. The molecule has 1 aromatic heterocycles. The third-order valence-electron chi connectivity index (χ3n) is 8.98. The second-order valence-corrected chi connectivity index (χ2v) is 15.3. The van der Waals surface area contributed by atoms with Gasteiger partial charge in [-0.1, -0.05) is 85.5 Å². The maximum atomic E-state index is 14.0. The number of nitrogens with zero attached hydrogens (tertiary/aromatic N) is 3. The molecule has 0 bridgehead atoms. The molecule has 11 heteroatoms. The fourth-order valence-electron chi connectivity index (χ4n) is 6.47. The van der Waals surface area contributed by atoms with Gasteiger partial charge in [0.05, 0.1) is 24.8 Å². The van der Waals surface area contributed by atoms with Crippen molar-refractivity contribution in [3.8, 4) is 17.2 Å². The Bertz CT molecular complexity index is 2140. The van der Waals surface area contributed by atoms with E-state index in [1.807, 2.05) is 38.1 Å². The monoisotopic (exact) mass is 721 g/mol. The molecule has 0 aliphatic carbocycles. The van der Waals surface area contributed by atoms with Crippen molar-refractivity contribution in [2.75, 3.05) is 18.1 Å². The summed E-state index contributed by atoms with van der Waals surface area (Å²) in [4.78, 5) is 29.3.